The number of anilines is 1. The first-order valence-corrected chi connectivity index (χ1v) is 6.90. The van der Waals surface area contributed by atoms with Crippen molar-refractivity contribution in [1.82, 2.24) is 0 Å². The highest BCUT2D eigenvalue weighted by molar-refractivity contribution is 5.99. The average Bonchev–Trinajstić information content (AvgIpc) is 2.53. The van der Waals surface area contributed by atoms with Crippen LogP contribution in [0.25, 0.3) is 0 Å². The molecule has 1 aromatic rings. The van der Waals surface area contributed by atoms with E-state index in [9.17, 15) is 20.2 Å². The molecule has 0 heterocycles. The predicted molar refractivity (Wildman–Crippen MR) is 82.3 cm³/mol. The zero-order valence-corrected chi connectivity index (χ0v) is 12.1. The Balaban J connectivity index is 2.15. The molecule has 1 aliphatic carbocycles. The van der Waals surface area contributed by atoms with Crippen LogP contribution in [0.5, 0.6) is 0 Å². The minimum absolute atomic E-state index is 0.00289. The van der Waals surface area contributed by atoms with Crippen molar-refractivity contribution in [3.63, 3.8) is 0 Å². The summed E-state index contributed by atoms with van der Waals surface area (Å²) in [7, 11) is 0. The van der Waals surface area contributed by atoms with Gasteiger partial charge in [0.05, 0.1) is 21.2 Å². The second kappa shape index (κ2) is 6.79. The van der Waals surface area contributed by atoms with Crippen LogP contribution < -0.4 is 5.43 Å². The molecule has 0 aliphatic heterocycles. The molecule has 0 atom stereocenters. The molecule has 8 nitrogen and oxygen atoms in total. The van der Waals surface area contributed by atoms with Crippen LogP contribution >= 0.6 is 0 Å². The van der Waals surface area contributed by atoms with Crippen LogP contribution in [0.4, 0.5) is 11.4 Å². The van der Waals surface area contributed by atoms with E-state index in [4.69, 9.17) is 0 Å². The number of hydrogen-bond donors (Lipinski definition) is 1. The second-order valence-corrected chi connectivity index (χ2v) is 5.00. The number of nitro groups is 2. The number of nitro benzene ring substituents is 1. The van der Waals surface area contributed by atoms with Gasteiger partial charge in [0.25, 0.3) is 11.4 Å². The SMILES string of the molecule is C/C(=N\Nc1ccc([N+](=O)[O-])cc1)C1=C([N+](=O)[O-])CCCC1. The number of hydrazone groups is 1. The fourth-order valence-corrected chi connectivity index (χ4v) is 2.35. The largest absolute Gasteiger partial charge is 0.278 e. The maximum Gasteiger partial charge on any atom is 0.269 e. The molecule has 1 aliphatic rings. The van der Waals surface area contributed by atoms with E-state index in [1.165, 1.54) is 12.1 Å². The molecule has 1 aromatic carbocycles. The summed E-state index contributed by atoms with van der Waals surface area (Å²) < 4.78 is 0. The summed E-state index contributed by atoms with van der Waals surface area (Å²) in [6.45, 7) is 1.72. The van der Waals surface area contributed by atoms with Crippen molar-refractivity contribution >= 4 is 17.1 Å². The van der Waals surface area contributed by atoms with E-state index in [-0.39, 0.29) is 16.3 Å². The summed E-state index contributed by atoms with van der Waals surface area (Å²) in [6, 6.07) is 5.82. The van der Waals surface area contributed by atoms with E-state index < -0.39 is 4.92 Å². The highest BCUT2D eigenvalue weighted by Crippen LogP contribution is 2.26. The van der Waals surface area contributed by atoms with Crippen molar-refractivity contribution in [3.8, 4) is 0 Å². The van der Waals surface area contributed by atoms with Crippen molar-refractivity contribution in [2.75, 3.05) is 5.43 Å². The van der Waals surface area contributed by atoms with E-state index >= 15 is 0 Å². The molecule has 116 valence electrons. The Morgan fingerprint density at radius 1 is 1.09 bits per heavy atom. The number of nitrogens with zero attached hydrogens (tertiary/aromatic N) is 3. The number of hydrogen-bond acceptors (Lipinski definition) is 6. The van der Waals surface area contributed by atoms with E-state index in [2.05, 4.69) is 10.5 Å². The third-order valence-electron chi connectivity index (χ3n) is 3.53. The normalized spacial score (nSPS) is 15.6. The monoisotopic (exact) mass is 304 g/mol. The predicted octanol–water partition coefficient (Wildman–Crippen LogP) is 3.49. The Morgan fingerprint density at radius 3 is 2.32 bits per heavy atom. The molecule has 0 bridgehead atoms. The molecular weight excluding hydrogens is 288 g/mol. The number of rotatable bonds is 5. The molecule has 0 saturated heterocycles. The number of non-ortho nitro benzene ring substituents is 1. The summed E-state index contributed by atoms with van der Waals surface area (Å²) >= 11 is 0. The summed E-state index contributed by atoms with van der Waals surface area (Å²) in [5.41, 5.74) is 4.84. The number of nitrogens with one attached hydrogen (secondary N) is 1. The van der Waals surface area contributed by atoms with Crippen molar-refractivity contribution in [2.45, 2.75) is 32.6 Å². The first kappa shape index (κ1) is 15.6. The molecule has 0 amide bonds. The van der Waals surface area contributed by atoms with Crippen LogP contribution in [-0.2, 0) is 0 Å². The molecule has 22 heavy (non-hydrogen) atoms. The number of benzene rings is 1. The van der Waals surface area contributed by atoms with Crippen LogP contribution in [0.2, 0.25) is 0 Å². The van der Waals surface area contributed by atoms with Gasteiger partial charge in [-0.15, -0.1) is 0 Å². The van der Waals surface area contributed by atoms with Crippen molar-refractivity contribution in [1.29, 1.82) is 0 Å². The Morgan fingerprint density at radius 2 is 1.73 bits per heavy atom. The minimum Gasteiger partial charge on any atom is -0.278 e. The van der Waals surface area contributed by atoms with Gasteiger partial charge in [-0.25, -0.2) is 0 Å². The van der Waals surface area contributed by atoms with Crippen LogP contribution in [0, 0.1) is 20.2 Å². The fourth-order valence-electron chi connectivity index (χ4n) is 2.35. The zero-order valence-electron chi connectivity index (χ0n) is 12.1. The lowest BCUT2D eigenvalue weighted by Crippen LogP contribution is -2.14. The second-order valence-electron chi connectivity index (χ2n) is 5.00. The molecule has 0 unspecified atom stereocenters. The Labute approximate surface area is 126 Å². The molecule has 8 heteroatoms. The van der Waals surface area contributed by atoms with Gasteiger partial charge in [0, 0.05) is 24.1 Å². The standard InChI is InChI=1S/C14H16N4O4/c1-10(13-4-2-3-5-14(13)18(21)22)15-16-11-6-8-12(9-7-11)17(19)20/h6-9,16H,2-5H2,1H3/b15-10+. The third-order valence-corrected chi connectivity index (χ3v) is 3.53. The molecule has 2 rings (SSSR count). The van der Waals surface area contributed by atoms with Gasteiger partial charge in [-0.05, 0) is 38.3 Å². The number of allylic oxidation sites excluding steroid dienone is 2. The zero-order chi connectivity index (χ0) is 16.1. The van der Waals surface area contributed by atoms with Crippen LogP contribution in [0.15, 0.2) is 40.6 Å². The molecule has 0 radical (unpaired) electrons. The van der Waals surface area contributed by atoms with Gasteiger partial charge < -0.3 is 0 Å². The maximum atomic E-state index is 11.1. The van der Waals surface area contributed by atoms with E-state index in [1.807, 2.05) is 0 Å². The average molecular weight is 304 g/mol. The van der Waals surface area contributed by atoms with Gasteiger partial charge in [0.15, 0.2) is 0 Å². The third kappa shape index (κ3) is 3.66. The lowest BCUT2D eigenvalue weighted by molar-refractivity contribution is -0.429. The van der Waals surface area contributed by atoms with Crippen LogP contribution in [0.1, 0.15) is 32.6 Å². The van der Waals surface area contributed by atoms with Gasteiger partial charge in [0.1, 0.15) is 0 Å². The Hall–Kier alpha value is -2.77. The summed E-state index contributed by atoms with van der Waals surface area (Å²) in [5, 5.41) is 25.8. The first-order chi connectivity index (χ1) is 10.5. The first-order valence-electron chi connectivity index (χ1n) is 6.90. The maximum absolute atomic E-state index is 11.1. The fraction of sp³-hybridized carbons (Fsp3) is 0.357. The van der Waals surface area contributed by atoms with Gasteiger partial charge in [-0.3, -0.25) is 25.7 Å². The van der Waals surface area contributed by atoms with Crippen LogP contribution in [0.3, 0.4) is 0 Å². The molecule has 0 spiro atoms. The lowest BCUT2D eigenvalue weighted by Gasteiger charge is -2.14. The van der Waals surface area contributed by atoms with Crippen molar-refractivity contribution in [3.05, 3.63) is 55.8 Å². The Bertz CT molecular complexity index is 649. The summed E-state index contributed by atoms with van der Waals surface area (Å²) in [5.74, 6) is 0. The molecule has 0 saturated carbocycles. The summed E-state index contributed by atoms with van der Waals surface area (Å²) in [4.78, 5) is 20.8. The smallest absolute Gasteiger partial charge is 0.269 e. The van der Waals surface area contributed by atoms with E-state index in [1.54, 1.807) is 19.1 Å². The molecular formula is C14H16N4O4. The molecule has 0 fully saturated rings. The van der Waals surface area contributed by atoms with Crippen molar-refractivity contribution in [2.24, 2.45) is 5.10 Å². The quantitative estimate of drug-likeness (QED) is 0.508. The highest BCUT2D eigenvalue weighted by atomic mass is 16.6. The lowest BCUT2D eigenvalue weighted by atomic mass is 9.94. The van der Waals surface area contributed by atoms with E-state index in [0.717, 1.165) is 12.8 Å². The van der Waals surface area contributed by atoms with Crippen LogP contribution in [-0.4, -0.2) is 15.6 Å². The minimum atomic E-state index is -0.478. The topological polar surface area (TPSA) is 111 Å². The highest BCUT2D eigenvalue weighted by Gasteiger charge is 2.23. The molecule has 1 N–H and O–H groups in total. The van der Waals surface area contributed by atoms with E-state index in [0.29, 0.717) is 29.8 Å². The van der Waals surface area contributed by atoms with Crippen molar-refractivity contribution < 1.29 is 9.85 Å². The van der Waals surface area contributed by atoms with Gasteiger partial charge in [-0.2, -0.15) is 5.10 Å². The molecule has 0 aromatic heterocycles. The van der Waals surface area contributed by atoms with Gasteiger partial charge >= 0.3 is 0 Å². The van der Waals surface area contributed by atoms with Gasteiger partial charge in [-0.1, -0.05) is 0 Å². The van der Waals surface area contributed by atoms with Gasteiger partial charge in [0.2, 0.25) is 0 Å². The Kier molecular flexibility index (Phi) is 4.82. The summed E-state index contributed by atoms with van der Waals surface area (Å²) in [6.07, 6.45) is 2.85.